The summed E-state index contributed by atoms with van der Waals surface area (Å²) < 4.78 is 17.5. The van der Waals surface area contributed by atoms with E-state index in [9.17, 15) is 24.3 Å². The lowest BCUT2D eigenvalue weighted by molar-refractivity contribution is -0.155. The highest BCUT2D eigenvalue weighted by Gasteiger charge is 2.35. The van der Waals surface area contributed by atoms with Gasteiger partial charge in [-0.25, -0.2) is 9.59 Å². The van der Waals surface area contributed by atoms with Gasteiger partial charge >= 0.3 is 12.1 Å². The minimum Gasteiger partial charge on any atom is -0.454 e. The fraction of sp³-hybridized carbons (Fsp3) is 0.319. The van der Waals surface area contributed by atoms with Crippen LogP contribution in [0, 0.1) is 5.92 Å². The van der Waals surface area contributed by atoms with Crippen molar-refractivity contribution >= 4 is 23.9 Å². The summed E-state index contributed by atoms with van der Waals surface area (Å²) in [6.45, 7) is 7.75. The molecule has 58 heavy (non-hydrogen) atoms. The molecule has 3 N–H and O–H groups in total. The molecule has 4 aromatic rings. The Morgan fingerprint density at radius 3 is 2.05 bits per heavy atom. The van der Waals surface area contributed by atoms with E-state index in [0.29, 0.717) is 12.0 Å². The molecule has 0 saturated heterocycles. The molecule has 5 rings (SSSR count). The molecule has 0 bridgehead atoms. The van der Waals surface area contributed by atoms with Gasteiger partial charge in [-0.1, -0.05) is 121 Å². The third-order valence-corrected chi connectivity index (χ3v) is 10.2. The predicted molar refractivity (Wildman–Crippen MR) is 222 cm³/mol. The average Bonchev–Trinajstić information content (AvgIpc) is 3.57. The Morgan fingerprint density at radius 1 is 0.828 bits per heavy atom. The molecule has 0 spiro atoms. The highest BCUT2D eigenvalue weighted by atomic mass is 16.6. The fourth-order valence-electron chi connectivity index (χ4n) is 7.27. The van der Waals surface area contributed by atoms with Crippen LogP contribution in [0.15, 0.2) is 135 Å². The molecule has 0 aliphatic heterocycles. The van der Waals surface area contributed by atoms with Crippen LogP contribution in [0.2, 0.25) is 0 Å². The maximum atomic E-state index is 14.1. The van der Waals surface area contributed by atoms with E-state index in [1.165, 1.54) is 12.0 Å². The molecule has 4 atom stereocenters. The molecule has 11 heteroatoms. The Labute approximate surface area is 340 Å². The van der Waals surface area contributed by atoms with E-state index in [1.807, 2.05) is 72.8 Å². The maximum absolute atomic E-state index is 14.1. The van der Waals surface area contributed by atoms with Gasteiger partial charge in [0.1, 0.15) is 18.8 Å². The molecule has 0 radical (unpaired) electrons. The molecular weight excluding hydrogens is 735 g/mol. The first-order chi connectivity index (χ1) is 28.3. The molecule has 0 heterocycles. The monoisotopic (exact) mass is 787 g/mol. The number of methoxy groups -OCH3 is 1. The molecule has 0 fully saturated rings. The van der Waals surface area contributed by atoms with E-state index < -0.39 is 42.1 Å². The Bertz CT molecular complexity index is 1940. The van der Waals surface area contributed by atoms with Gasteiger partial charge in [-0.05, 0) is 52.6 Å². The normalized spacial score (nSPS) is 13.8. The van der Waals surface area contributed by atoms with Crippen LogP contribution in [0.5, 0.6) is 0 Å². The van der Waals surface area contributed by atoms with Crippen molar-refractivity contribution in [3.05, 3.63) is 157 Å². The summed E-state index contributed by atoms with van der Waals surface area (Å²) in [6, 6.07) is 32.4. The number of esters is 1. The molecule has 1 aliphatic rings. The van der Waals surface area contributed by atoms with Gasteiger partial charge in [0, 0.05) is 32.5 Å². The zero-order valence-electron chi connectivity index (χ0n) is 33.0. The number of aliphatic hydroxyl groups is 1. The topological polar surface area (TPSA) is 144 Å². The Balaban J connectivity index is 1.30. The van der Waals surface area contributed by atoms with Gasteiger partial charge in [0.05, 0.1) is 25.2 Å². The number of fused-ring (bicyclic) bond motifs is 3. The first-order valence-electron chi connectivity index (χ1n) is 19.6. The largest absolute Gasteiger partial charge is 0.454 e. The van der Waals surface area contributed by atoms with E-state index in [0.717, 1.165) is 27.8 Å². The summed E-state index contributed by atoms with van der Waals surface area (Å²) >= 11 is 0. The van der Waals surface area contributed by atoms with Crippen LogP contribution < -0.4 is 10.6 Å². The van der Waals surface area contributed by atoms with Crippen LogP contribution in [-0.2, 0) is 35.1 Å². The summed E-state index contributed by atoms with van der Waals surface area (Å²) in [4.78, 5) is 56.5. The van der Waals surface area contributed by atoms with E-state index in [-0.39, 0.29) is 64.0 Å². The summed E-state index contributed by atoms with van der Waals surface area (Å²) in [5.41, 5.74) is 5.78. The third kappa shape index (κ3) is 11.5. The van der Waals surface area contributed by atoms with Crippen molar-refractivity contribution in [1.29, 1.82) is 0 Å². The van der Waals surface area contributed by atoms with E-state index in [4.69, 9.17) is 14.2 Å². The van der Waals surface area contributed by atoms with Gasteiger partial charge in [0.2, 0.25) is 11.8 Å². The minimum atomic E-state index is -1.10. The number of carbonyl (C=O) groups excluding carboxylic acids is 4. The molecule has 3 amide bonds. The SMILES string of the molecule is C=CCC[C@H](NC(=O)OCC1c2ccccc2-c2ccccc21)C(=O)O[C@@H](c1ccccc1)[C@H](COC)NC(=O)[C@H](CC=C)CC(=O)N(CCO)Cc1ccccc1. The van der Waals surface area contributed by atoms with Crippen molar-refractivity contribution in [2.24, 2.45) is 5.92 Å². The highest BCUT2D eigenvalue weighted by Crippen LogP contribution is 2.44. The van der Waals surface area contributed by atoms with Crippen LogP contribution in [0.1, 0.15) is 60.0 Å². The second-order valence-corrected chi connectivity index (χ2v) is 14.2. The van der Waals surface area contributed by atoms with Gasteiger partial charge in [0.15, 0.2) is 0 Å². The summed E-state index contributed by atoms with van der Waals surface area (Å²) in [5, 5.41) is 15.4. The second kappa shape index (κ2) is 22.0. The van der Waals surface area contributed by atoms with Crippen molar-refractivity contribution in [2.45, 2.75) is 56.3 Å². The van der Waals surface area contributed by atoms with Crippen LogP contribution in [0.3, 0.4) is 0 Å². The van der Waals surface area contributed by atoms with E-state index in [1.54, 1.807) is 36.4 Å². The summed E-state index contributed by atoms with van der Waals surface area (Å²) in [6.07, 6.45) is 2.03. The number of carbonyl (C=O) groups is 4. The van der Waals surface area contributed by atoms with Crippen LogP contribution in [0.4, 0.5) is 4.79 Å². The predicted octanol–water partition coefficient (Wildman–Crippen LogP) is 6.88. The number of aliphatic hydroxyl groups excluding tert-OH is 1. The maximum Gasteiger partial charge on any atom is 0.407 e. The second-order valence-electron chi connectivity index (χ2n) is 14.2. The number of hydrogen-bond donors (Lipinski definition) is 3. The molecule has 0 saturated carbocycles. The molecular formula is C47H53N3O8. The number of nitrogens with one attached hydrogen (secondary N) is 2. The van der Waals surface area contributed by atoms with Crippen LogP contribution in [0.25, 0.3) is 11.1 Å². The number of hydrogen-bond acceptors (Lipinski definition) is 8. The zero-order chi connectivity index (χ0) is 41.3. The number of ether oxygens (including phenoxy) is 3. The van der Waals surface area contributed by atoms with E-state index >= 15 is 0 Å². The molecule has 1 aliphatic carbocycles. The fourth-order valence-corrected chi connectivity index (χ4v) is 7.27. The van der Waals surface area contributed by atoms with Crippen LogP contribution >= 0.6 is 0 Å². The van der Waals surface area contributed by atoms with Crippen molar-refractivity contribution in [1.82, 2.24) is 15.5 Å². The molecule has 0 aromatic heterocycles. The first kappa shape index (κ1) is 43.1. The number of benzene rings is 4. The van der Waals surface area contributed by atoms with Crippen molar-refractivity contribution < 1.29 is 38.5 Å². The zero-order valence-corrected chi connectivity index (χ0v) is 33.0. The standard InChI is InChI=1S/C47H53N3O8/c1-4-6-26-41(49-47(55)57-31-40-38-24-15-13-22-36(38)37-23-14-16-25-39(37)40)46(54)58-44(34-20-11-8-12-21-34)42(32-56-3)48-45(53)35(17-5-2)29-43(52)50(27-28-51)30-33-18-9-7-10-19-33/h4-5,7-16,18-25,35,40-42,44,51H,1-2,6,17,26-32H2,3H3,(H,48,53)(H,49,55)/t35-,41+,42+,44+/m1/s1. The Hall–Kier alpha value is -6.04. The number of nitrogens with zero attached hydrogens (tertiary/aromatic N) is 1. The van der Waals surface area contributed by atoms with E-state index in [2.05, 4.69) is 35.9 Å². The Kier molecular flexibility index (Phi) is 16.4. The number of rotatable bonds is 22. The third-order valence-electron chi connectivity index (χ3n) is 10.2. The minimum absolute atomic E-state index is 0.0465. The average molecular weight is 788 g/mol. The highest BCUT2D eigenvalue weighted by molar-refractivity contribution is 5.86. The lowest BCUT2D eigenvalue weighted by Crippen LogP contribution is -2.49. The smallest absolute Gasteiger partial charge is 0.407 e. The lowest BCUT2D eigenvalue weighted by atomic mass is 9.97. The van der Waals surface area contributed by atoms with Crippen molar-refractivity contribution in [2.75, 3.05) is 33.5 Å². The number of alkyl carbamates (subject to hydrolysis) is 1. The molecule has 304 valence electrons. The van der Waals surface area contributed by atoms with Gasteiger partial charge < -0.3 is 34.9 Å². The molecule has 11 nitrogen and oxygen atoms in total. The lowest BCUT2D eigenvalue weighted by Gasteiger charge is -2.31. The van der Waals surface area contributed by atoms with Crippen molar-refractivity contribution in [3.63, 3.8) is 0 Å². The molecule has 0 unspecified atom stereocenters. The molecule has 4 aromatic carbocycles. The number of amides is 3. The van der Waals surface area contributed by atoms with Gasteiger partial charge in [-0.2, -0.15) is 0 Å². The van der Waals surface area contributed by atoms with Crippen molar-refractivity contribution in [3.8, 4) is 11.1 Å². The quantitative estimate of drug-likeness (QED) is 0.0578. The van der Waals surface area contributed by atoms with Gasteiger partial charge in [-0.15, -0.1) is 13.2 Å². The first-order valence-corrected chi connectivity index (χ1v) is 19.6. The van der Waals surface area contributed by atoms with Gasteiger partial charge in [-0.3, -0.25) is 9.59 Å². The number of allylic oxidation sites excluding steroid dienone is 2. The van der Waals surface area contributed by atoms with Gasteiger partial charge in [0.25, 0.3) is 0 Å². The summed E-state index contributed by atoms with van der Waals surface area (Å²) in [5.74, 6) is -2.49. The summed E-state index contributed by atoms with van der Waals surface area (Å²) in [7, 11) is 1.47. The van der Waals surface area contributed by atoms with Crippen LogP contribution in [-0.4, -0.2) is 79.4 Å². The Morgan fingerprint density at radius 2 is 1.45 bits per heavy atom.